The number of hydrogen-bond donors (Lipinski definition) is 1. The standard InChI is InChI=1S/C22H25FN6O/c1-16-12-24-14-20(26-16)25-13-19-7-2-3-10-28(19)21-8-9-22(30)29(27-21)15-17-5-4-6-18(23)11-17/h4-6,8-9,11-12,14,19H,2-3,7,10,13,15H2,1H3,(H,25,26). The van der Waals surface area contributed by atoms with E-state index in [1.54, 1.807) is 30.6 Å². The van der Waals surface area contributed by atoms with Crippen LogP contribution in [0.15, 0.2) is 53.6 Å². The molecule has 1 aliphatic rings. The lowest BCUT2D eigenvalue weighted by molar-refractivity contribution is 0.462. The van der Waals surface area contributed by atoms with Crippen molar-refractivity contribution in [3.63, 3.8) is 0 Å². The lowest BCUT2D eigenvalue weighted by Gasteiger charge is -2.36. The lowest BCUT2D eigenvalue weighted by Crippen LogP contribution is -2.45. The van der Waals surface area contributed by atoms with Gasteiger partial charge in [-0.25, -0.2) is 14.1 Å². The van der Waals surface area contributed by atoms with Crippen LogP contribution in [0.5, 0.6) is 0 Å². The number of nitrogens with zero attached hydrogens (tertiary/aromatic N) is 5. The highest BCUT2D eigenvalue weighted by Crippen LogP contribution is 2.23. The topological polar surface area (TPSA) is 75.9 Å². The Balaban J connectivity index is 1.52. The smallest absolute Gasteiger partial charge is 0.267 e. The Morgan fingerprint density at radius 1 is 1.20 bits per heavy atom. The van der Waals surface area contributed by atoms with E-state index < -0.39 is 0 Å². The number of benzene rings is 1. The van der Waals surface area contributed by atoms with Gasteiger partial charge >= 0.3 is 0 Å². The van der Waals surface area contributed by atoms with Gasteiger partial charge in [0.1, 0.15) is 17.5 Å². The van der Waals surface area contributed by atoms with Crippen molar-refractivity contribution in [3.05, 3.63) is 76.2 Å². The average molecular weight is 408 g/mol. The van der Waals surface area contributed by atoms with E-state index in [2.05, 4.69) is 25.3 Å². The second-order valence-electron chi connectivity index (χ2n) is 7.59. The highest BCUT2D eigenvalue weighted by atomic mass is 19.1. The van der Waals surface area contributed by atoms with Gasteiger partial charge < -0.3 is 10.2 Å². The molecule has 1 atom stereocenters. The molecule has 8 heteroatoms. The predicted octanol–water partition coefficient (Wildman–Crippen LogP) is 3.00. The highest BCUT2D eigenvalue weighted by Gasteiger charge is 2.24. The molecule has 7 nitrogen and oxygen atoms in total. The molecule has 4 rings (SSSR count). The Hall–Kier alpha value is -3.29. The first-order valence-electron chi connectivity index (χ1n) is 10.2. The molecule has 0 aliphatic carbocycles. The number of aryl methyl sites for hydroxylation is 1. The van der Waals surface area contributed by atoms with Gasteiger partial charge in [-0.1, -0.05) is 12.1 Å². The van der Waals surface area contributed by atoms with Gasteiger partial charge in [0.2, 0.25) is 0 Å². The quantitative estimate of drug-likeness (QED) is 0.676. The molecule has 1 fully saturated rings. The van der Waals surface area contributed by atoms with Gasteiger partial charge in [0.25, 0.3) is 5.56 Å². The molecule has 2 aromatic heterocycles. The number of rotatable bonds is 6. The minimum absolute atomic E-state index is 0.204. The minimum Gasteiger partial charge on any atom is -0.367 e. The van der Waals surface area contributed by atoms with Crippen molar-refractivity contribution < 1.29 is 4.39 Å². The highest BCUT2D eigenvalue weighted by molar-refractivity contribution is 5.41. The largest absolute Gasteiger partial charge is 0.367 e. The van der Waals surface area contributed by atoms with Crippen LogP contribution in [0.1, 0.15) is 30.5 Å². The maximum absolute atomic E-state index is 13.5. The van der Waals surface area contributed by atoms with E-state index in [1.165, 1.54) is 22.9 Å². The second kappa shape index (κ2) is 9.02. The maximum atomic E-state index is 13.5. The zero-order valence-corrected chi connectivity index (χ0v) is 17.0. The van der Waals surface area contributed by atoms with E-state index in [1.807, 2.05) is 6.92 Å². The molecule has 0 bridgehead atoms. The van der Waals surface area contributed by atoms with Crippen LogP contribution >= 0.6 is 0 Å². The van der Waals surface area contributed by atoms with Crippen molar-refractivity contribution in [3.8, 4) is 0 Å². The van der Waals surface area contributed by atoms with Crippen molar-refractivity contribution in [1.29, 1.82) is 0 Å². The summed E-state index contributed by atoms with van der Waals surface area (Å²) in [5, 5.41) is 7.97. The Kier molecular flexibility index (Phi) is 6.02. The van der Waals surface area contributed by atoms with E-state index >= 15 is 0 Å². The van der Waals surface area contributed by atoms with Crippen molar-refractivity contribution in [1.82, 2.24) is 19.7 Å². The third-order valence-corrected chi connectivity index (χ3v) is 5.27. The molecule has 30 heavy (non-hydrogen) atoms. The van der Waals surface area contributed by atoms with Crippen LogP contribution in [0.4, 0.5) is 16.0 Å². The van der Waals surface area contributed by atoms with Crippen molar-refractivity contribution in [2.24, 2.45) is 0 Å². The number of piperidine rings is 1. The molecule has 1 unspecified atom stereocenters. The van der Waals surface area contributed by atoms with E-state index in [-0.39, 0.29) is 24.0 Å². The number of halogens is 1. The number of aromatic nitrogens is 4. The zero-order valence-electron chi connectivity index (χ0n) is 17.0. The molecule has 0 spiro atoms. The summed E-state index contributed by atoms with van der Waals surface area (Å²) in [5.74, 6) is 1.19. The van der Waals surface area contributed by atoms with E-state index in [4.69, 9.17) is 0 Å². The van der Waals surface area contributed by atoms with E-state index in [0.717, 1.165) is 43.1 Å². The first-order chi connectivity index (χ1) is 14.6. The zero-order chi connectivity index (χ0) is 20.9. The summed E-state index contributed by atoms with van der Waals surface area (Å²) in [4.78, 5) is 23.2. The van der Waals surface area contributed by atoms with Gasteiger partial charge in [0, 0.05) is 31.4 Å². The molecule has 0 radical (unpaired) electrons. The SMILES string of the molecule is Cc1cncc(NCC2CCCCN2c2ccc(=O)n(Cc3cccc(F)c3)n2)n1. The molecule has 0 saturated carbocycles. The summed E-state index contributed by atoms with van der Waals surface area (Å²) in [6.45, 7) is 3.73. The molecule has 156 valence electrons. The van der Waals surface area contributed by atoms with Crippen LogP contribution in [-0.2, 0) is 6.54 Å². The fourth-order valence-corrected chi connectivity index (χ4v) is 3.80. The molecule has 0 amide bonds. The fraction of sp³-hybridized carbons (Fsp3) is 0.364. The third kappa shape index (κ3) is 4.82. The summed E-state index contributed by atoms with van der Waals surface area (Å²) in [6.07, 6.45) is 6.69. The van der Waals surface area contributed by atoms with Gasteiger partial charge in [-0.15, -0.1) is 0 Å². The van der Waals surface area contributed by atoms with Crippen molar-refractivity contribution in [2.75, 3.05) is 23.3 Å². The van der Waals surface area contributed by atoms with Crippen LogP contribution < -0.4 is 15.8 Å². The maximum Gasteiger partial charge on any atom is 0.267 e. The van der Waals surface area contributed by atoms with Gasteiger partial charge in [-0.05, 0) is 49.9 Å². The number of hydrogen-bond acceptors (Lipinski definition) is 6. The van der Waals surface area contributed by atoms with Crippen LogP contribution in [0.25, 0.3) is 0 Å². The molecular weight excluding hydrogens is 383 g/mol. The predicted molar refractivity (Wildman–Crippen MR) is 114 cm³/mol. The molecule has 1 aromatic carbocycles. The first-order valence-corrected chi connectivity index (χ1v) is 10.2. The van der Waals surface area contributed by atoms with E-state index in [0.29, 0.717) is 12.1 Å². The number of nitrogens with one attached hydrogen (secondary N) is 1. The van der Waals surface area contributed by atoms with Crippen LogP contribution in [0.3, 0.4) is 0 Å². The summed E-state index contributed by atoms with van der Waals surface area (Å²) in [6, 6.07) is 9.79. The van der Waals surface area contributed by atoms with Gasteiger partial charge in [0.05, 0.1) is 18.4 Å². The van der Waals surface area contributed by atoms with Crippen LogP contribution in [-0.4, -0.2) is 38.9 Å². The lowest BCUT2D eigenvalue weighted by atomic mass is 10.0. The van der Waals surface area contributed by atoms with Crippen LogP contribution in [0.2, 0.25) is 0 Å². The Morgan fingerprint density at radius 2 is 2.10 bits per heavy atom. The normalized spacial score (nSPS) is 16.5. The Bertz CT molecular complexity index is 1070. The van der Waals surface area contributed by atoms with Gasteiger partial charge in [-0.3, -0.25) is 9.78 Å². The van der Waals surface area contributed by atoms with E-state index in [9.17, 15) is 9.18 Å². The summed E-state index contributed by atoms with van der Waals surface area (Å²) in [7, 11) is 0. The fourth-order valence-electron chi connectivity index (χ4n) is 3.80. The molecule has 3 aromatic rings. The molecular formula is C22H25FN6O. The Labute approximate surface area is 174 Å². The van der Waals surface area contributed by atoms with Crippen molar-refractivity contribution >= 4 is 11.6 Å². The number of anilines is 2. The average Bonchev–Trinajstić information content (AvgIpc) is 2.74. The molecule has 1 aliphatic heterocycles. The summed E-state index contributed by atoms with van der Waals surface area (Å²) in [5.41, 5.74) is 1.37. The summed E-state index contributed by atoms with van der Waals surface area (Å²) >= 11 is 0. The molecule has 3 heterocycles. The monoisotopic (exact) mass is 408 g/mol. The molecule has 1 saturated heterocycles. The van der Waals surface area contributed by atoms with Crippen molar-refractivity contribution in [2.45, 2.75) is 38.8 Å². The second-order valence-corrected chi connectivity index (χ2v) is 7.59. The molecule has 1 N–H and O–H groups in total. The van der Waals surface area contributed by atoms with Gasteiger partial charge in [-0.2, -0.15) is 5.10 Å². The van der Waals surface area contributed by atoms with Gasteiger partial charge in [0.15, 0.2) is 0 Å². The summed E-state index contributed by atoms with van der Waals surface area (Å²) < 4.78 is 14.9. The minimum atomic E-state index is -0.321. The third-order valence-electron chi connectivity index (χ3n) is 5.27. The van der Waals surface area contributed by atoms with Crippen LogP contribution in [0, 0.1) is 12.7 Å². The first kappa shape index (κ1) is 20.0. The Morgan fingerprint density at radius 3 is 2.93 bits per heavy atom.